The van der Waals surface area contributed by atoms with E-state index in [0.29, 0.717) is 31.9 Å². The standard InChI is InChI=1S/C24H25NO5/c1-16-12-20-19(15-29-21(20)13-17(16)2)14-22(26)30-23(18-6-4-3-5-7-18)24(27)25-8-10-28-11-9-25/h3-7,12-13,15,23H,8-11,14H2,1-2H3/t23-/m1/s1. The minimum Gasteiger partial charge on any atom is -0.464 e. The molecule has 0 bridgehead atoms. The van der Waals surface area contributed by atoms with Gasteiger partial charge in [0.05, 0.1) is 25.9 Å². The molecule has 156 valence electrons. The molecule has 1 aromatic heterocycles. The van der Waals surface area contributed by atoms with Crippen molar-refractivity contribution in [1.29, 1.82) is 0 Å². The van der Waals surface area contributed by atoms with Gasteiger partial charge in [0.15, 0.2) is 0 Å². The van der Waals surface area contributed by atoms with Crippen LogP contribution in [0.1, 0.15) is 28.4 Å². The van der Waals surface area contributed by atoms with Crippen molar-refractivity contribution < 1.29 is 23.5 Å². The molecule has 3 aromatic rings. The van der Waals surface area contributed by atoms with Crippen LogP contribution < -0.4 is 0 Å². The van der Waals surface area contributed by atoms with E-state index in [2.05, 4.69) is 0 Å². The van der Waals surface area contributed by atoms with Gasteiger partial charge in [-0.2, -0.15) is 0 Å². The zero-order valence-electron chi connectivity index (χ0n) is 17.2. The maximum absolute atomic E-state index is 13.1. The highest BCUT2D eigenvalue weighted by Gasteiger charge is 2.30. The van der Waals surface area contributed by atoms with E-state index in [-0.39, 0.29) is 12.3 Å². The van der Waals surface area contributed by atoms with Gasteiger partial charge in [-0.05, 0) is 37.1 Å². The van der Waals surface area contributed by atoms with E-state index in [0.717, 1.165) is 27.7 Å². The smallest absolute Gasteiger partial charge is 0.311 e. The third-order valence-corrected chi connectivity index (χ3v) is 5.50. The minimum absolute atomic E-state index is 0.0369. The average Bonchev–Trinajstić information content (AvgIpc) is 3.14. The number of furan rings is 1. The first kappa shape index (κ1) is 20.2. The normalized spacial score (nSPS) is 15.2. The van der Waals surface area contributed by atoms with E-state index >= 15 is 0 Å². The molecular weight excluding hydrogens is 382 g/mol. The SMILES string of the molecule is Cc1cc2occ(CC(=O)O[C@@H](C(=O)N3CCOCC3)c3ccccc3)c2cc1C. The van der Waals surface area contributed by atoms with Crippen LogP contribution in [-0.2, 0) is 25.5 Å². The lowest BCUT2D eigenvalue weighted by atomic mass is 10.0. The number of ether oxygens (including phenoxy) is 2. The summed E-state index contributed by atoms with van der Waals surface area (Å²) in [5.74, 6) is -0.687. The fourth-order valence-corrected chi connectivity index (χ4v) is 3.64. The summed E-state index contributed by atoms with van der Waals surface area (Å²) < 4.78 is 16.7. The molecule has 1 fully saturated rings. The summed E-state index contributed by atoms with van der Waals surface area (Å²) >= 11 is 0. The third kappa shape index (κ3) is 4.24. The number of fused-ring (bicyclic) bond motifs is 1. The molecular formula is C24H25NO5. The lowest BCUT2D eigenvalue weighted by Crippen LogP contribution is -2.44. The van der Waals surface area contributed by atoms with E-state index in [9.17, 15) is 9.59 Å². The Morgan fingerprint density at radius 1 is 1.07 bits per heavy atom. The molecule has 0 spiro atoms. The van der Waals surface area contributed by atoms with Crippen LogP contribution in [0.15, 0.2) is 53.1 Å². The van der Waals surface area contributed by atoms with Crippen LogP contribution in [0.2, 0.25) is 0 Å². The molecule has 30 heavy (non-hydrogen) atoms. The lowest BCUT2D eigenvalue weighted by Gasteiger charge is -2.30. The molecule has 4 rings (SSSR count). The highest BCUT2D eigenvalue weighted by molar-refractivity contribution is 5.89. The first-order chi connectivity index (χ1) is 14.5. The van der Waals surface area contributed by atoms with E-state index in [1.165, 1.54) is 0 Å². The molecule has 0 saturated carbocycles. The highest BCUT2D eigenvalue weighted by atomic mass is 16.5. The number of nitrogens with zero attached hydrogens (tertiary/aromatic N) is 1. The second-order valence-corrected chi connectivity index (χ2v) is 7.59. The van der Waals surface area contributed by atoms with Gasteiger partial charge >= 0.3 is 5.97 Å². The largest absolute Gasteiger partial charge is 0.464 e. The maximum Gasteiger partial charge on any atom is 0.311 e. The first-order valence-electron chi connectivity index (χ1n) is 10.1. The van der Waals surface area contributed by atoms with Crippen molar-refractivity contribution in [2.45, 2.75) is 26.4 Å². The zero-order chi connectivity index (χ0) is 21.1. The number of hydrogen-bond acceptors (Lipinski definition) is 5. The molecule has 1 aliphatic heterocycles. The Morgan fingerprint density at radius 2 is 1.77 bits per heavy atom. The van der Waals surface area contributed by atoms with E-state index in [1.807, 2.05) is 44.2 Å². The second kappa shape index (κ2) is 8.71. The average molecular weight is 407 g/mol. The number of carbonyl (C=O) groups excluding carboxylic acids is 2. The summed E-state index contributed by atoms with van der Waals surface area (Å²) in [7, 11) is 0. The van der Waals surface area contributed by atoms with Crippen LogP contribution in [0.4, 0.5) is 0 Å². The van der Waals surface area contributed by atoms with Crippen molar-refractivity contribution in [3.05, 3.63) is 71.0 Å². The molecule has 6 heteroatoms. The molecule has 1 atom stereocenters. The van der Waals surface area contributed by atoms with Crippen molar-refractivity contribution in [3.8, 4) is 0 Å². The predicted molar refractivity (Wildman–Crippen MR) is 112 cm³/mol. The quantitative estimate of drug-likeness (QED) is 0.603. The number of hydrogen-bond donors (Lipinski definition) is 0. The summed E-state index contributed by atoms with van der Waals surface area (Å²) in [6.45, 7) is 6.00. The lowest BCUT2D eigenvalue weighted by molar-refractivity contribution is -0.162. The zero-order valence-corrected chi connectivity index (χ0v) is 17.2. The van der Waals surface area contributed by atoms with Crippen molar-refractivity contribution in [1.82, 2.24) is 4.90 Å². The number of rotatable bonds is 5. The van der Waals surface area contributed by atoms with E-state index in [1.54, 1.807) is 23.3 Å². The van der Waals surface area contributed by atoms with Crippen LogP contribution in [0.5, 0.6) is 0 Å². The van der Waals surface area contributed by atoms with Crippen molar-refractivity contribution >= 4 is 22.8 Å². The summed E-state index contributed by atoms with van der Waals surface area (Å²) in [6, 6.07) is 13.1. The summed E-state index contributed by atoms with van der Waals surface area (Å²) in [4.78, 5) is 27.6. The molecule has 1 saturated heterocycles. The second-order valence-electron chi connectivity index (χ2n) is 7.59. The Bertz CT molecular complexity index is 1050. The molecule has 1 amide bonds. The van der Waals surface area contributed by atoms with Crippen molar-refractivity contribution in [2.75, 3.05) is 26.3 Å². The highest BCUT2D eigenvalue weighted by Crippen LogP contribution is 2.27. The Hall–Kier alpha value is -3.12. The fraction of sp³-hybridized carbons (Fsp3) is 0.333. The van der Waals surface area contributed by atoms with Gasteiger partial charge in [-0.15, -0.1) is 0 Å². The van der Waals surface area contributed by atoms with Gasteiger partial charge in [-0.25, -0.2) is 0 Å². The van der Waals surface area contributed by atoms with Gasteiger partial charge in [0, 0.05) is 29.6 Å². The minimum atomic E-state index is -0.973. The maximum atomic E-state index is 13.1. The van der Waals surface area contributed by atoms with Crippen LogP contribution in [-0.4, -0.2) is 43.1 Å². The van der Waals surface area contributed by atoms with Crippen LogP contribution in [0.25, 0.3) is 11.0 Å². The van der Waals surface area contributed by atoms with E-state index in [4.69, 9.17) is 13.9 Å². The fourth-order valence-electron chi connectivity index (χ4n) is 3.64. The third-order valence-electron chi connectivity index (χ3n) is 5.50. The van der Waals surface area contributed by atoms with Crippen molar-refractivity contribution in [3.63, 3.8) is 0 Å². The number of benzene rings is 2. The molecule has 0 unspecified atom stereocenters. The number of carbonyl (C=O) groups is 2. The van der Waals surface area contributed by atoms with E-state index < -0.39 is 12.1 Å². The Kier molecular flexibility index (Phi) is 5.86. The van der Waals surface area contributed by atoms with Gasteiger partial charge < -0.3 is 18.8 Å². The van der Waals surface area contributed by atoms with Gasteiger partial charge in [0.1, 0.15) is 5.58 Å². The molecule has 6 nitrogen and oxygen atoms in total. The summed E-state index contributed by atoms with van der Waals surface area (Å²) in [6.07, 6.45) is 0.653. The van der Waals surface area contributed by atoms with Gasteiger partial charge in [0.2, 0.25) is 6.10 Å². The first-order valence-corrected chi connectivity index (χ1v) is 10.1. The molecule has 2 aromatic carbocycles. The molecule has 0 aliphatic carbocycles. The van der Waals surface area contributed by atoms with Gasteiger partial charge in [-0.1, -0.05) is 30.3 Å². The Labute approximate surface area is 175 Å². The van der Waals surface area contributed by atoms with Crippen LogP contribution >= 0.6 is 0 Å². The summed E-state index contributed by atoms with van der Waals surface area (Å²) in [5.41, 5.74) is 4.41. The Morgan fingerprint density at radius 3 is 2.50 bits per heavy atom. The topological polar surface area (TPSA) is 69.0 Å². The monoisotopic (exact) mass is 407 g/mol. The molecule has 2 heterocycles. The molecule has 1 aliphatic rings. The van der Waals surface area contributed by atoms with Crippen LogP contribution in [0, 0.1) is 13.8 Å². The number of morpholine rings is 1. The Balaban J connectivity index is 1.54. The van der Waals surface area contributed by atoms with Gasteiger partial charge in [0.25, 0.3) is 5.91 Å². The summed E-state index contributed by atoms with van der Waals surface area (Å²) in [5, 5.41) is 0.894. The van der Waals surface area contributed by atoms with Crippen LogP contribution in [0.3, 0.4) is 0 Å². The number of esters is 1. The van der Waals surface area contributed by atoms with Gasteiger partial charge in [-0.3, -0.25) is 9.59 Å². The molecule has 0 radical (unpaired) electrons. The van der Waals surface area contributed by atoms with Crippen molar-refractivity contribution in [2.24, 2.45) is 0 Å². The number of aryl methyl sites for hydroxylation is 2. The predicted octanol–water partition coefficient (Wildman–Crippen LogP) is 3.74. The molecule has 0 N–H and O–H groups in total. The number of amides is 1.